The van der Waals surface area contributed by atoms with Crippen LogP contribution < -0.4 is 0 Å². The largest absolute Gasteiger partial charge is 0.456 e. The molecule has 1 saturated carbocycles. The highest BCUT2D eigenvalue weighted by Crippen LogP contribution is 2.20. The van der Waals surface area contributed by atoms with Crippen LogP contribution in [0.3, 0.4) is 0 Å². The van der Waals surface area contributed by atoms with E-state index in [1.807, 2.05) is 0 Å². The van der Waals surface area contributed by atoms with Crippen LogP contribution in [-0.2, 0) is 14.3 Å². The maximum Gasteiger partial charge on any atom is 0.391 e. The van der Waals surface area contributed by atoms with Gasteiger partial charge in [-0.05, 0) is 37.3 Å². The average Bonchev–Trinajstić information content (AvgIpc) is 2.06. The fourth-order valence-electron chi connectivity index (χ4n) is 1.38. The van der Waals surface area contributed by atoms with E-state index in [0.29, 0.717) is 0 Å². The van der Waals surface area contributed by atoms with Crippen molar-refractivity contribution in [3.05, 3.63) is 0 Å². The van der Waals surface area contributed by atoms with Gasteiger partial charge in [0.25, 0.3) is 0 Å². The maximum absolute atomic E-state index is 10.7. The molecule has 12 heavy (non-hydrogen) atoms. The Kier molecular flexibility index (Phi) is 3.53. The van der Waals surface area contributed by atoms with Gasteiger partial charge in [0, 0.05) is 0 Å². The summed E-state index contributed by atoms with van der Waals surface area (Å²) < 4.78 is 4.83. The molecule has 0 unspecified atom stereocenters. The minimum absolute atomic E-state index is 0.0889. The van der Waals surface area contributed by atoms with Gasteiger partial charge in [0.1, 0.15) is 6.10 Å². The molecular formula is C8H11ClO3. The number of esters is 1. The van der Waals surface area contributed by atoms with Gasteiger partial charge in [-0.25, -0.2) is 4.79 Å². The zero-order valence-electron chi connectivity index (χ0n) is 6.72. The Morgan fingerprint density at radius 1 is 1.17 bits per heavy atom. The van der Waals surface area contributed by atoms with E-state index < -0.39 is 11.2 Å². The fraction of sp³-hybridized carbons (Fsp3) is 0.750. The second-order valence-electron chi connectivity index (χ2n) is 2.94. The smallest absolute Gasteiger partial charge is 0.391 e. The second kappa shape index (κ2) is 4.45. The van der Waals surface area contributed by atoms with Gasteiger partial charge in [-0.15, -0.1) is 0 Å². The molecule has 0 aromatic carbocycles. The van der Waals surface area contributed by atoms with Crippen molar-refractivity contribution >= 4 is 22.8 Å². The topological polar surface area (TPSA) is 43.4 Å². The van der Waals surface area contributed by atoms with Gasteiger partial charge in [-0.2, -0.15) is 0 Å². The van der Waals surface area contributed by atoms with Gasteiger partial charge in [-0.3, -0.25) is 4.79 Å². The number of ether oxygens (including phenoxy) is 1. The summed E-state index contributed by atoms with van der Waals surface area (Å²) in [5.41, 5.74) is 0. The number of hydrogen-bond acceptors (Lipinski definition) is 3. The van der Waals surface area contributed by atoms with Gasteiger partial charge < -0.3 is 4.74 Å². The monoisotopic (exact) mass is 190 g/mol. The minimum Gasteiger partial charge on any atom is -0.456 e. The summed E-state index contributed by atoms with van der Waals surface area (Å²) in [6.45, 7) is 0. The van der Waals surface area contributed by atoms with Crippen LogP contribution >= 0.6 is 11.6 Å². The summed E-state index contributed by atoms with van der Waals surface area (Å²) in [5, 5.41) is -1.03. The van der Waals surface area contributed by atoms with Crippen molar-refractivity contribution < 1.29 is 14.3 Å². The first-order chi connectivity index (χ1) is 5.70. The normalized spacial score (nSPS) is 18.8. The zero-order chi connectivity index (χ0) is 8.97. The summed E-state index contributed by atoms with van der Waals surface area (Å²) in [7, 11) is 0. The van der Waals surface area contributed by atoms with E-state index in [-0.39, 0.29) is 6.10 Å². The van der Waals surface area contributed by atoms with Crippen LogP contribution in [0.5, 0.6) is 0 Å². The number of halogens is 1. The highest BCUT2D eigenvalue weighted by Gasteiger charge is 2.20. The molecular weight excluding hydrogens is 180 g/mol. The summed E-state index contributed by atoms with van der Waals surface area (Å²) in [5.74, 6) is -0.913. The number of carbonyl (C=O) groups excluding carboxylic acids is 2. The molecule has 0 heterocycles. The first-order valence-electron chi connectivity index (χ1n) is 4.10. The predicted octanol–water partition coefficient (Wildman–Crippen LogP) is 1.63. The van der Waals surface area contributed by atoms with Crippen molar-refractivity contribution in [1.82, 2.24) is 0 Å². The van der Waals surface area contributed by atoms with Crippen molar-refractivity contribution in [3.8, 4) is 0 Å². The van der Waals surface area contributed by atoms with Gasteiger partial charge in [-0.1, -0.05) is 6.42 Å². The average molecular weight is 191 g/mol. The standard InChI is InChI=1S/C8H11ClO3/c9-7(10)8(11)12-6-4-2-1-3-5-6/h6H,1-5H2. The first kappa shape index (κ1) is 9.52. The number of hydrogen-bond donors (Lipinski definition) is 0. The van der Waals surface area contributed by atoms with Gasteiger partial charge in [0.05, 0.1) is 0 Å². The molecule has 1 fully saturated rings. The lowest BCUT2D eigenvalue weighted by Crippen LogP contribution is -2.23. The van der Waals surface area contributed by atoms with Crippen LogP contribution in [0.15, 0.2) is 0 Å². The van der Waals surface area contributed by atoms with E-state index in [2.05, 4.69) is 0 Å². The maximum atomic E-state index is 10.7. The van der Waals surface area contributed by atoms with Gasteiger partial charge >= 0.3 is 11.2 Å². The predicted molar refractivity (Wildman–Crippen MR) is 43.8 cm³/mol. The van der Waals surface area contributed by atoms with Crippen LogP contribution in [0, 0.1) is 0 Å². The molecule has 0 spiro atoms. The first-order valence-corrected chi connectivity index (χ1v) is 4.48. The van der Waals surface area contributed by atoms with Gasteiger partial charge in [0.15, 0.2) is 0 Å². The molecule has 0 radical (unpaired) electrons. The molecule has 3 nitrogen and oxygen atoms in total. The third kappa shape index (κ3) is 2.81. The minimum atomic E-state index is -1.03. The highest BCUT2D eigenvalue weighted by atomic mass is 35.5. The third-order valence-electron chi connectivity index (χ3n) is 1.99. The van der Waals surface area contributed by atoms with Crippen LogP contribution in [-0.4, -0.2) is 17.3 Å². The van der Waals surface area contributed by atoms with Crippen molar-refractivity contribution in [2.75, 3.05) is 0 Å². The zero-order valence-corrected chi connectivity index (χ0v) is 7.47. The van der Waals surface area contributed by atoms with Gasteiger partial charge in [0.2, 0.25) is 0 Å². The molecule has 1 aliphatic carbocycles. The lowest BCUT2D eigenvalue weighted by molar-refractivity contribution is -0.155. The van der Waals surface area contributed by atoms with E-state index in [1.165, 1.54) is 6.42 Å². The van der Waals surface area contributed by atoms with Crippen molar-refractivity contribution in [2.45, 2.75) is 38.2 Å². The third-order valence-corrected chi connectivity index (χ3v) is 2.14. The Bertz CT molecular complexity index is 185. The number of rotatable bonds is 2. The van der Waals surface area contributed by atoms with Crippen molar-refractivity contribution in [1.29, 1.82) is 0 Å². The van der Waals surface area contributed by atoms with Crippen LogP contribution in [0.1, 0.15) is 32.1 Å². The molecule has 1 rings (SSSR count). The Balaban J connectivity index is 2.29. The molecule has 1 aliphatic rings. The molecule has 0 amide bonds. The van der Waals surface area contributed by atoms with E-state index >= 15 is 0 Å². The molecule has 0 aromatic rings. The molecule has 0 aliphatic heterocycles. The van der Waals surface area contributed by atoms with E-state index in [0.717, 1.165) is 25.7 Å². The lowest BCUT2D eigenvalue weighted by atomic mass is 9.98. The summed E-state index contributed by atoms with van der Waals surface area (Å²) in [6, 6.07) is 0. The molecule has 0 N–H and O–H groups in total. The van der Waals surface area contributed by atoms with Crippen LogP contribution in [0.2, 0.25) is 0 Å². The SMILES string of the molecule is O=C(Cl)C(=O)OC1CCCCC1. The summed E-state index contributed by atoms with van der Waals surface area (Å²) in [4.78, 5) is 21.0. The lowest BCUT2D eigenvalue weighted by Gasteiger charge is -2.20. The Morgan fingerprint density at radius 3 is 2.25 bits per heavy atom. The number of carbonyl (C=O) groups is 2. The highest BCUT2D eigenvalue weighted by molar-refractivity contribution is 6.80. The molecule has 68 valence electrons. The fourth-order valence-corrected chi connectivity index (χ4v) is 1.43. The van der Waals surface area contributed by atoms with Crippen LogP contribution in [0.25, 0.3) is 0 Å². The van der Waals surface area contributed by atoms with E-state index in [4.69, 9.17) is 16.3 Å². The van der Waals surface area contributed by atoms with Crippen molar-refractivity contribution in [2.24, 2.45) is 0 Å². The molecule has 4 heteroatoms. The van der Waals surface area contributed by atoms with Crippen LogP contribution in [0.4, 0.5) is 0 Å². The Morgan fingerprint density at radius 2 is 1.75 bits per heavy atom. The summed E-state index contributed by atoms with van der Waals surface area (Å²) in [6.07, 6.45) is 4.94. The summed E-state index contributed by atoms with van der Waals surface area (Å²) >= 11 is 4.93. The molecule has 0 aromatic heterocycles. The second-order valence-corrected chi connectivity index (χ2v) is 3.28. The molecule has 0 atom stereocenters. The molecule has 0 saturated heterocycles. The molecule has 0 bridgehead atoms. The van der Waals surface area contributed by atoms with E-state index in [9.17, 15) is 9.59 Å². The Hall–Kier alpha value is -0.570. The van der Waals surface area contributed by atoms with Crippen molar-refractivity contribution in [3.63, 3.8) is 0 Å². The Labute approximate surface area is 76.0 Å². The van der Waals surface area contributed by atoms with E-state index in [1.54, 1.807) is 0 Å². The quantitative estimate of drug-likeness (QED) is 0.378.